The van der Waals surface area contributed by atoms with Gasteiger partial charge < -0.3 is 21.3 Å². The number of anilines is 1. The Morgan fingerprint density at radius 3 is 2.02 bits per heavy atom. The molecule has 45 heavy (non-hydrogen) atoms. The lowest BCUT2D eigenvalue weighted by molar-refractivity contribution is -0.140. The number of nitrogens with one attached hydrogen (secondary N) is 3. The zero-order valence-corrected chi connectivity index (χ0v) is 29.3. The van der Waals surface area contributed by atoms with Gasteiger partial charge in [0.25, 0.3) is 15.9 Å². The van der Waals surface area contributed by atoms with E-state index in [1.165, 1.54) is 30.0 Å². The maximum Gasteiger partial charge on any atom is 0.264 e. The molecule has 0 spiro atoms. The Balaban J connectivity index is 2.34. The molecule has 0 fully saturated rings. The Morgan fingerprint density at radius 2 is 1.53 bits per heavy atom. The molecule has 10 nitrogen and oxygen atoms in total. The number of sulfonamides is 1. The van der Waals surface area contributed by atoms with Crippen molar-refractivity contribution in [2.45, 2.75) is 90.7 Å². The average Bonchev–Trinajstić information content (AvgIpc) is 2.94. The van der Waals surface area contributed by atoms with Crippen LogP contribution in [0.4, 0.5) is 5.69 Å². The molecule has 0 aliphatic rings. The summed E-state index contributed by atoms with van der Waals surface area (Å²) in [6.45, 7) is 16.6. The number of hydrogen-bond acceptors (Lipinski definition) is 7. The SMILES string of the molecule is CN[C@H](C(=O)N[C@H](C(=O)N(C)[C@H](/C=C(\C)C(=O)NS(=O)(=O)c1ccc(N)c(C)c1)C(C)C)C(C)(C)C)C(C)(C)c1ccccc1. The van der Waals surface area contributed by atoms with Crippen LogP contribution >= 0.6 is 0 Å². The molecule has 3 amide bonds. The Kier molecular flexibility index (Phi) is 12.2. The van der Waals surface area contributed by atoms with Crippen LogP contribution in [0.5, 0.6) is 0 Å². The molecule has 2 aromatic rings. The van der Waals surface area contributed by atoms with E-state index in [9.17, 15) is 22.8 Å². The molecule has 0 unspecified atom stereocenters. The van der Waals surface area contributed by atoms with Crippen molar-refractivity contribution in [2.75, 3.05) is 19.8 Å². The molecule has 248 valence electrons. The highest BCUT2D eigenvalue weighted by atomic mass is 32.2. The maximum absolute atomic E-state index is 14.1. The minimum Gasteiger partial charge on any atom is -0.399 e. The summed E-state index contributed by atoms with van der Waals surface area (Å²) in [5, 5.41) is 6.15. The first-order valence-corrected chi connectivity index (χ1v) is 16.5. The summed E-state index contributed by atoms with van der Waals surface area (Å²) in [5.74, 6) is -1.60. The third-order valence-corrected chi connectivity index (χ3v) is 9.55. The summed E-state index contributed by atoms with van der Waals surface area (Å²) >= 11 is 0. The second kappa shape index (κ2) is 14.6. The van der Waals surface area contributed by atoms with Gasteiger partial charge in [-0.15, -0.1) is 0 Å². The van der Waals surface area contributed by atoms with Crippen molar-refractivity contribution >= 4 is 33.4 Å². The summed E-state index contributed by atoms with van der Waals surface area (Å²) in [5.41, 5.74) is 6.68. The van der Waals surface area contributed by atoms with Crippen molar-refractivity contribution in [3.05, 3.63) is 71.3 Å². The van der Waals surface area contributed by atoms with Crippen LogP contribution in [0.15, 0.2) is 65.1 Å². The minimum atomic E-state index is -4.16. The van der Waals surface area contributed by atoms with E-state index in [4.69, 9.17) is 5.73 Å². The number of benzene rings is 2. The number of nitrogen functional groups attached to an aromatic ring is 1. The first kappa shape index (κ1) is 37.5. The molecule has 5 N–H and O–H groups in total. The fourth-order valence-corrected chi connectivity index (χ4v) is 6.34. The third kappa shape index (κ3) is 9.17. The lowest BCUT2D eigenvalue weighted by Gasteiger charge is -2.40. The predicted molar refractivity (Wildman–Crippen MR) is 180 cm³/mol. The molecular weight excluding hydrogens is 590 g/mol. The monoisotopic (exact) mass is 641 g/mol. The lowest BCUT2D eigenvalue weighted by Crippen LogP contribution is -2.61. The Bertz CT molecular complexity index is 1510. The van der Waals surface area contributed by atoms with E-state index in [0.29, 0.717) is 11.3 Å². The van der Waals surface area contributed by atoms with Gasteiger partial charge in [0.1, 0.15) is 6.04 Å². The van der Waals surface area contributed by atoms with Crippen LogP contribution in [-0.2, 0) is 29.8 Å². The molecule has 0 radical (unpaired) electrons. The molecule has 0 bridgehead atoms. The molecule has 2 rings (SSSR count). The summed E-state index contributed by atoms with van der Waals surface area (Å²) in [6.07, 6.45) is 1.58. The minimum absolute atomic E-state index is 0.0814. The molecule has 3 atom stereocenters. The number of carbonyl (C=O) groups is 3. The number of nitrogens with zero attached hydrogens (tertiary/aromatic N) is 1. The quantitative estimate of drug-likeness (QED) is 0.203. The molecule has 0 aliphatic carbocycles. The summed E-state index contributed by atoms with van der Waals surface area (Å²) in [7, 11) is -0.814. The largest absolute Gasteiger partial charge is 0.399 e. The van der Waals surface area contributed by atoms with Crippen LogP contribution in [0, 0.1) is 18.3 Å². The van der Waals surface area contributed by atoms with E-state index in [-0.39, 0.29) is 28.2 Å². The van der Waals surface area contributed by atoms with Crippen molar-refractivity contribution in [3.63, 3.8) is 0 Å². The number of amides is 3. The summed E-state index contributed by atoms with van der Waals surface area (Å²) in [6, 6.07) is 11.8. The van der Waals surface area contributed by atoms with E-state index in [0.717, 1.165) is 5.56 Å². The van der Waals surface area contributed by atoms with E-state index < -0.39 is 44.9 Å². The normalized spacial score (nSPS) is 14.8. The highest BCUT2D eigenvalue weighted by molar-refractivity contribution is 7.90. The highest BCUT2D eigenvalue weighted by Crippen LogP contribution is 2.29. The molecule has 2 aromatic carbocycles. The Hall–Kier alpha value is -3.70. The summed E-state index contributed by atoms with van der Waals surface area (Å²) < 4.78 is 27.9. The topological polar surface area (TPSA) is 151 Å². The lowest BCUT2D eigenvalue weighted by atomic mass is 9.76. The van der Waals surface area contributed by atoms with Crippen molar-refractivity contribution in [1.29, 1.82) is 0 Å². The van der Waals surface area contributed by atoms with Gasteiger partial charge in [-0.25, -0.2) is 13.1 Å². The van der Waals surface area contributed by atoms with Crippen molar-refractivity contribution < 1.29 is 22.8 Å². The fourth-order valence-electron chi connectivity index (χ4n) is 5.24. The van der Waals surface area contributed by atoms with Crippen LogP contribution in [-0.4, -0.2) is 63.3 Å². The van der Waals surface area contributed by atoms with Crippen LogP contribution in [0.1, 0.15) is 66.5 Å². The maximum atomic E-state index is 14.1. The number of hydrogen-bond donors (Lipinski definition) is 4. The number of nitrogens with two attached hydrogens (primary N) is 1. The average molecular weight is 642 g/mol. The molecule has 0 aromatic heterocycles. The second-order valence-corrected chi connectivity index (χ2v) is 15.3. The molecule has 0 aliphatic heterocycles. The first-order chi connectivity index (χ1) is 20.6. The van der Waals surface area contributed by atoms with Gasteiger partial charge in [-0.05, 0) is 61.6 Å². The van der Waals surface area contributed by atoms with Gasteiger partial charge in [0.05, 0.1) is 17.0 Å². The van der Waals surface area contributed by atoms with Crippen LogP contribution in [0.3, 0.4) is 0 Å². The first-order valence-electron chi connectivity index (χ1n) is 15.1. The predicted octanol–water partition coefficient (Wildman–Crippen LogP) is 3.91. The zero-order valence-electron chi connectivity index (χ0n) is 28.5. The molecule has 0 saturated heterocycles. The van der Waals surface area contributed by atoms with Crippen LogP contribution < -0.4 is 21.1 Å². The van der Waals surface area contributed by atoms with Gasteiger partial charge in [-0.1, -0.05) is 84.9 Å². The molecule has 0 saturated carbocycles. The van der Waals surface area contributed by atoms with Gasteiger partial charge in [0.2, 0.25) is 11.8 Å². The Morgan fingerprint density at radius 1 is 0.956 bits per heavy atom. The van der Waals surface area contributed by atoms with Gasteiger partial charge in [0, 0.05) is 23.7 Å². The number of likely N-dealkylation sites (N-methyl/N-ethyl adjacent to an activating group) is 2. The van der Waals surface area contributed by atoms with Crippen LogP contribution in [0.25, 0.3) is 0 Å². The van der Waals surface area contributed by atoms with E-state index in [2.05, 4.69) is 15.4 Å². The van der Waals surface area contributed by atoms with Crippen LogP contribution in [0.2, 0.25) is 0 Å². The highest BCUT2D eigenvalue weighted by Gasteiger charge is 2.41. The van der Waals surface area contributed by atoms with Crippen molar-refractivity contribution in [1.82, 2.24) is 20.3 Å². The van der Waals surface area contributed by atoms with Gasteiger partial charge in [0.15, 0.2) is 0 Å². The van der Waals surface area contributed by atoms with Crippen molar-refractivity contribution in [3.8, 4) is 0 Å². The van der Waals surface area contributed by atoms with Gasteiger partial charge in [-0.2, -0.15) is 0 Å². The number of aryl methyl sites for hydroxylation is 1. The number of carbonyl (C=O) groups excluding carboxylic acids is 3. The second-order valence-electron chi connectivity index (χ2n) is 13.6. The smallest absolute Gasteiger partial charge is 0.264 e. The standard InChI is InChI=1S/C34H51N5O5S/c1-21(2)27(20-23(4)30(40)38-45(43,44)25-17-18-26(35)22(3)19-25)39(11)32(42)29(33(5,6)7)37-31(41)28(36-10)34(8,9)24-15-13-12-14-16-24/h12-21,27-29,36H,35H2,1-11H3,(H,37,41)(H,38,40)/b23-20+/t27-,28-,29-/m1/s1. The molecular formula is C34H51N5O5S. The van der Waals surface area contributed by atoms with E-state index in [1.54, 1.807) is 27.1 Å². The molecule has 0 heterocycles. The fraction of sp³-hybridized carbons (Fsp3) is 0.500. The van der Waals surface area contributed by atoms with Gasteiger partial charge >= 0.3 is 0 Å². The molecule has 11 heteroatoms. The summed E-state index contributed by atoms with van der Waals surface area (Å²) in [4.78, 5) is 42.3. The Labute approximate surface area is 269 Å². The third-order valence-electron chi connectivity index (χ3n) is 8.23. The van der Waals surface area contributed by atoms with Crippen molar-refractivity contribution in [2.24, 2.45) is 11.3 Å². The van der Waals surface area contributed by atoms with E-state index >= 15 is 0 Å². The van der Waals surface area contributed by atoms with Gasteiger partial charge in [-0.3, -0.25) is 14.4 Å². The number of rotatable bonds is 12. The van der Waals surface area contributed by atoms with E-state index in [1.807, 2.05) is 78.8 Å². The zero-order chi connectivity index (χ0) is 34.5.